The lowest BCUT2D eigenvalue weighted by molar-refractivity contribution is -0.577. The van der Waals surface area contributed by atoms with Crippen molar-refractivity contribution >= 4 is 34.9 Å². The minimum absolute atomic E-state index is 0. The Balaban J connectivity index is 0.00000306. The predicted octanol–water partition coefficient (Wildman–Crippen LogP) is 0.317. The molecule has 168 valence electrons. The number of esters is 1. The fraction of sp³-hybridized carbons (Fsp3) is 0.120. The first-order valence-corrected chi connectivity index (χ1v) is 10.2. The number of aromatic nitrogens is 1. The van der Waals surface area contributed by atoms with Gasteiger partial charge >= 0.3 is 17.6 Å². The summed E-state index contributed by atoms with van der Waals surface area (Å²) in [7, 11) is 0. The molecule has 2 aromatic carbocycles. The number of amides is 2. The van der Waals surface area contributed by atoms with Crippen molar-refractivity contribution in [3.63, 3.8) is 0 Å². The second-order valence-electron chi connectivity index (χ2n) is 7.21. The van der Waals surface area contributed by atoms with Crippen LogP contribution in [0.1, 0.15) is 22.8 Å². The number of hydrogen-bond donors (Lipinski definition) is 1. The molecule has 1 aliphatic heterocycles. The first-order valence-electron chi connectivity index (χ1n) is 10.2. The molecule has 2 amide bonds. The van der Waals surface area contributed by atoms with Gasteiger partial charge in [0, 0.05) is 17.8 Å². The van der Waals surface area contributed by atoms with Crippen LogP contribution in [-0.2, 0) is 14.3 Å². The quantitative estimate of drug-likeness (QED) is 0.323. The van der Waals surface area contributed by atoms with Crippen LogP contribution in [-0.4, -0.2) is 24.4 Å². The van der Waals surface area contributed by atoms with Crippen molar-refractivity contribution in [1.29, 1.82) is 0 Å². The zero-order valence-corrected chi connectivity index (χ0v) is 18.9. The van der Waals surface area contributed by atoms with E-state index in [1.807, 2.05) is 37.3 Å². The third kappa shape index (κ3) is 4.78. The monoisotopic (exact) mass is 463 g/mol. The molecule has 0 fully saturated rings. The highest BCUT2D eigenvalue weighted by atomic mass is 35.5. The lowest BCUT2D eigenvalue weighted by Crippen LogP contribution is -3.00. The normalized spacial score (nSPS) is 13.1. The number of nitrogens with zero attached hydrogens (tertiary/aromatic N) is 2. The van der Waals surface area contributed by atoms with Gasteiger partial charge in [-0.25, -0.2) is 9.69 Å². The Hall–Kier alpha value is -3.97. The molecule has 1 aromatic heterocycles. The molecule has 0 saturated carbocycles. The summed E-state index contributed by atoms with van der Waals surface area (Å²) in [5, 5.41) is 3.12. The third-order valence-electron chi connectivity index (χ3n) is 4.99. The van der Waals surface area contributed by atoms with Crippen LogP contribution in [0.25, 0.3) is 5.70 Å². The van der Waals surface area contributed by atoms with Crippen molar-refractivity contribution in [3.05, 3.63) is 95.9 Å². The van der Waals surface area contributed by atoms with E-state index in [4.69, 9.17) is 4.74 Å². The summed E-state index contributed by atoms with van der Waals surface area (Å²) >= 11 is 0. The average molecular weight is 464 g/mol. The van der Waals surface area contributed by atoms with E-state index in [0.717, 1.165) is 10.5 Å². The van der Waals surface area contributed by atoms with Crippen LogP contribution >= 0.6 is 0 Å². The smallest absolute Gasteiger partial charge is 0.338 e. The number of ether oxygens (including phenoxy) is 1. The molecule has 0 radical (unpaired) electrons. The number of rotatable bonds is 6. The van der Waals surface area contributed by atoms with Crippen LogP contribution in [0, 0.1) is 6.92 Å². The fourth-order valence-corrected chi connectivity index (χ4v) is 3.39. The van der Waals surface area contributed by atoms with Crippen molar-refractivity contribution in [2.45, 2.75) is 13.8 Å². The Morgan fingerprint density at radius 2 is 1.58 bits per heavy atom. The average Bonchev–Trinajstić information content (AvgIpc) is 3.05. The maximum absolute atomic E-state index is 13.4. The van der Waals surface area contributed by atoms with Crippen molar-refractivity contribution in [2.24, 2.45) is 0 Å². The summed E-state index contributed by atoms with van der Waals surface area (Å²) < 4.78 is 6.61. The maximum Gasteiger partial charge on any atom is 0.338 e. The number of benzene rings is 2. The van der Waals surface area contributed by atoms with E-state index < -0.39 is 17.8 Å². The van der Waals surface area contributed by atoms with Crippen molar-refractivity contribution in [2.75, 3.05) is 16.8 Å². The first kappa shape index (κ1) is 23.7. The topological polar surface area (TPSA) is 79.6 Å². The van der Waals surface area contributed by atoms with Gasteiger partial charge in [0.2, 0.25) is 0 Å². The third-order valence-corrected chi connectivity index (χ3v) is 4.99. The molecular weight excluding hydrogens is 442 g/mol. The van der Waals surface area contributed by atoms with Gasteiger partial charge in [0.05, 0.1) is 17.9 Å². The Labute approximate surface area is 197 Å². The molecule has 0 saturated heterocycles. The summed E-state index contributed by atoms with van der Waals surface area (Å²) in [5.41, 5.74) is 2.87. The van der Waals surface area contributed by atoms with E-state index in [0.29, 0.717) is 16.9 Å². The van der Waals surface area contributed by atoms with E-state index in [2.05, 4.69) is 5.32 Å². The van der Waals surface area contributed by atoms with E-state index in [1.54, 1.807) is 48.1 Å². The number of pyridine rings is 1. The van der Waals surface area contributed by atoms with Crippen LogP contribution < -0.4 is 27.2 Å². The zero-order chi connectivity index (χ0) is 22.7. The SMILES string of the molecule is CCOC(=O)c1ccc(N2C(=O)C(Nc3ccc(C)cc3)=C([n+]3ccccc3)C2=O)cc1.[Cl-]. The number of halogens is 1. The van der Waals surface area contributed by atoms with E-state index >= 15 is 0 Å². The minimum Gasteiger partial charge on any atom is -1.00 e. The van der Waals surface area contributed by atoms with Gasteiger partial charge in [0.25, 0.3) is 5.91 Å². The molecule has 8 heteroatoms. The van der Waals surface area contributed by atoms with Crippen LogP contribution in [0.4, 0.5) is 11.4 Å². The van der Waals surface area contributed by atoms with Gasteiger partial charge in [0.1, 0.15) is 0 Å². The Morgan fingerprint density at radius 1 is 0.939 bits per heavy atom. The molecule has 33 heavy (non-hydrogen) atoms. The molecule has 0 aliphatic carbocycles. The van der Waals surface area contributed by atoms with E-state index in [-0.39, 0.29) is 30.4 Å². The summed E-state index contributed by atoms with van der Waals surface area (Å²) in [4.78, 5) is 39.8. The van der Waals surface area contributed by atoms with Gasteiger partial charge in [0.15, 0.2) is 18.1 Å². The molecule has 1 aliphatic rings. The molecule has 1 N–H and O–H groups in total. The van der Waals surface area contributed by atoms with Crippen LogP contribution in [0.3, 0.4) is 0 Å². The second-order valence-corrected chi connectivity index (χ2v) is 7.21. The van der Waals surface area contributed by atoms with E-state index in [9.17, 15) is 14.4 Å². The fourth-order valence-electron chi connectivity index (χ4n) is 3.39. The number of anilines is 2. The highest BCUT2D eigenvalue weighted by Gasteiger charge is 2.45. The Bertz CT molecular complexity index is 1210. The first-order chi connectivity index (χ1) is 15.5. The predicted molar refractivity (Wildman–Crippen MR) is 120 cm³/mol. The summed E-state index contributed by atoms with van der Waals surface area (Å²) in [6.45, 7) is 3.96. The highest BCUT2D eigenvalue weighted by Crippen LogP contribution is 2.28. The lowest BCUT2D eigenvalue weighted by Gasteiger charge is -2.14. The van der Waals surface area contributed by atoms with Crippen molar-refractivity contribution in [1.82, 2.24) is 0 Å². The maximum atomic E-state index is 13.4. The zero-order valence-electron chi connectivity index (χ0n) is 18.1. The number of aryl methyl sites for hydroxylation is 1. The number of nitrogens with one attached hydrogen (secondary N) is 1. The number of imide groups is 1. The molecule has 2 heterocycles. The number of carbonyl (C=O) groups is 3. The molecule has 7 nitrogen and oxygen atoms in total. The Morgan fingerprint density at radius 3 is 2.18 bits per heavy atom. The van der Waals surface area contributed by atoms with Gasteiger partial charge in [-0.15, -0.1) is 0 Å². The lowest BCUT2D eigenvalue weighted by atomic mass is 10.2. The summed E-state index contributed by atoms with van der Waals surface area (Å²) in [6.07, 6.45) is 3.43. The van der Waals surface area contributed by atoms with Crippen molar-refractivity contribution in [3.8, 4) is 0 Å². The molecule has 4 rings (SSSR count). The van der Waals surface area contributed by atoms with Gasteiger partial charge in [-0.05, 0) is 50.2 Å². The highest BCUT2D eigenvalue weighted by molar-refractivity contribution is 6.42. The standard InChI is InChI=1S/C25H21N3O4.ClH/c1-3-32-25(31)18-9-13-20(14-10-18)28-23(29)21(26-19-11-7-17(2)8-12-19)22(24(28)30)27-15-5-4-6-16-27;/h4-16H,3H2,1-2H3;1H. The summed E-state index contributed by atoms with van der Waals surface area (Å²) in [6, 6.07) is 19.1. The minimum atomic E-state index is -0.481. The summed E-state index contributed by atoms with van der Waals surface area (Å²) in [5.74, 6) is -1.41. The van der Waals surface area contributed by atoms with E-state index in [1.165, 1.54) is 12.1 Å². The van der Waals surface area contributed by atoms with Crippen LogP contribution in [0.15, 0.2) is 84.8 Å². The molecule has 0 spiro atoms. The van der Waals surface area contributed by atoms with Gasteiger partial charge < -0.3 is 22.5 Å². The largest absolute Gasteiger partial charge is 1.00 e. The van der Waals surface area contributed by atoms with Gasteiger partial charge in [-0.2, -0.15) is 4.57 Å². The molecule has 0 bridgehead atoms. The number of carbonyl (C=O) groups excluding carboxylic acids is 3. The second kappa shape index (κ2) is 10.1. The van der Waals surface area contributed by atoms with Crippen LogP contribution in [0.5, 0.6) is 0 Å². The molecule has 3 aromatic rings. The molecule has 0 atom stereocenters. The molecular formula is C25H22ClN3O4. The Kier molecular flexibility index (Phi) is 7.25. The molecule has 0 unspecified atom stereocenters. The van der Waals surface area contributed by atoms with Crippen molar-refractivity contribution < 1.29 is 36.1 Å². The van der Waals surface area contributed by atoms with Gasteiger partial charge in [-0.3, -0.25) is 9.59 Å². The van der Waals surface area contributed by atoms with Gasteiger partial charge in [-0.1, -0.05) is 23.8 Å². The number of hydrogen-bond acceptors (Lipinski definition) is 5. The van der Waals surface area contributed by atoms with Crippen LogP contribution in [0.2, 0.25) is 0 Å².